The number of hydrogen-bond acceptors (Lipinski definition) is 4. The van der Waals surface area contributed by atoms with Gasteiger partial charge in [0, 0.05) is 23.9 Å². The highest BCUT2D eigenvalue weighted by Crippen LogP contribution is 2.33. The summed E-state index contributed by atoms with van der Waals surface area (Å²) < 4.78 is 11.2. The van der Waals surface area contributed by atoms with E-state index in [2.05, 4.69) is 11.1 Å². The van der Waals surface area contributed by atoms with Gasteiger partial charge >= 0.3 is 0 Å². The largest absolute Gasteiger partial charge is 0.376 e. The van der Waals surface area contributed by atoms with Gasteiger partial charge in [0.2, 0.25) is 0 Å². The van der Waals surface area contributed by atoms with Gasteiger partial charge < -0.3 is 15.2 Å². The van der Waals surface area contributed by atoms with E-state index in [4.69, 9.17) is 15.2 Å². The van der Waals surface area contributed by atoms with Crippen LogP contribution in [0, 0.1) is 0 Å². The Morgan fingerprint density at radius 2 is 2.33 bits per heavy atom. The second-order valence-corrected chi connectivity index (χ2v) is 5.11. The first-order valence-electron chi connectivity index (χ1n) is 6.75. The first kappa shape index (κ1) is 12.1. The third-order valence-corrected chi connectivity index (χ3v) is 3.97. The third-order valence-electron chi connectivity index (χ3n) is 3.97. The molecule has 0 saturated carbocycles. The minimum absolute atomic E-state index is 0.0108. The Morgan fingerprint density at radius 1 is 1.39 bits per heavy atom. The van der Waals surface area contributed by atoms with Gasteiger partial charge in [-0.25, -0.2) is 0 Å². The van der Waals surface area contributed by atoms with Crippen molar-refractivity contribution in [1.29, 1.82) is 0 Å². The van der Waals surface area contributed by atoms with E-state index < -0.39 is 0 Å². The molecule has 4 nitrogen and oxygen atoms in total. The molecule has 3 rings (SSSR count). The number of aromatic nitrogens is 1. The molecule has 1 aliphatic carbocycles. The summed E-state index contributed by atoms with van der Waals surface area (Å²) in [7, 11) is 0. The average Bonchev–Trinajstić information content (AvgIpc) is 2.47. The predicted octanol–water partition coefficient (Wildman–Crippen LogP) is 1.24. The van der Waals surface area contributed by atoms with Gasteiger partial charge in [0.25, 0.3) is 0 Å². The fourth-order valence-electron chi connectivity index (χ4n) is 3.01. The number of aryl methyl sites for hydroxylation is 1. The van der Waals surface area contributed by atoms with Crippen LogP contribution in [0.1, 0.15) is 30.0 Å². The van der Waals surface area contributed by atoms with Crippen LogP contribution in [0.2, 0.25) is 0 Å². The van der Waals surface area contributed by atoms with Crippen LogP contribution >= 0.6 is 0 Å². The molecule has 2 heterocycles. The molecule has 1 aromatic heterocycles. The average molecular weight is 248 g/mol. The molecule has 0 bridgehead atoms. The number of hydrogen-bond donors (Lipinski definition) is 1. The number of fused-ring (bicyclic) bond motifs is 1. The zero-order valence-corrected chi connectivity index (χ0v) is 10.5. The van der Waals surface area contributed by atoms with Crippen LogP contribution in [0.25, 0.3) is 0 Å². The number of rotatable bonds is 2. The monoisotopic (exact) mass is 248 g/mol. The van der Waals surface area contributed by atoms with E-state index in [9.17, 15) is 0 Å². The zero-order valence-electron chi connectivity index (χ0n) is 10.5. The molecule has 0 aromatic carbocycles. The number of ether oxygens (including phenoxy) is 2. The maximum atomic E-state index is 6.39. The van der Waals surface area contributed by atoms with E-state index in [0.717, 1.165) is 12.8 Å². The second kappa shape index (κ2) is 5.34. The molecule has 3 unspecified atom stereocenters. The summed E-state index contributed by atoms with van der Waals surface area (Å²) in [5, 5.41) is 0. The molecule has 3 atom stereocenters. The van der Waals surface area contributed by atoms with Crippen molar-refractivity contribution in [3.05, 3.63) is 29.6 Å². The third kappa shape index (κ3) is 2.28. The van der Waals surface area contributed by atoms with Gasteiger partial charge in [-0.05, 0) is 30.9 Å². The summed E-state index contributed by atoms with van der Waals surface area (Å²) in [5.74, 6) is 0.307. The Labute approximate surface area is 107 Å². The van der Waals surface area contributed by atoms with Gasteiger partial charge in [0.15, 0.2) is 0 Å². The highest BCUT2D eigenvalue weighted by Gasteiger charge is 2.33. The minimum Gasteiger partial charge on any atom is -0.376 e. The highest BCUT2D eigenvalue weighted by atomic mass is 16.6. The maximum absolute atomic E-state index is 6.39. The highest BCUT2D eigenvalue weighted by molar-refractivity contribution is 5.27. The zero-order chi connectivity index (χ0) is 12.4. The lowest BCUT2D eigenvalue weighted by Gasteiger charge is -2.35. The van der Waals surface area contributed by atoms with Crippen LogP contribution in [0.4, 0.5) is 0 Å². The van der Waals surface area contributed by atoms with E-state index in [1.165, 1.54) is 17.7 Å². The Bertz CT molecular complexity index is 405. The molecule has 0 spiro atoms. The van der Waals surface area contributed by atoms with Crippen LogP contribution in [-0.2, 0) is 15.9 Å². The molecule has 4 heteroatoms. The van der Waals surface area contributed by atoms with Gasteiger partial charge in [0.05, 0.1) is 25.9 Å². The summed E-state index contributed by atoms with van der Waals surface area (Å²) in [5.41, 5.74) is 8.91. The first-order chi connectivity index (χ1) is 8.86. The van der Waals surface area contributed by atoms with Crippen molar-refractivity contribution in [2.45, 2.75) is 37.3 Å². The van der Waals surface area contributed by atoms with Crippen molar-refractivity contribution in [2.75, 3.05) is 19.8 Å². The van der Waals surface area contributed by atoms with Crippen LogP contribution in [0.3, 0.4) is 0 Å². The Kier molecular flexibility index (Phi) is 3.59. The smallest absolute Gasteiger partial charge is 0.0966 e. The van der Waals surface area contributed by atoms with Crippen LogP contribution < -0.4 is 5.73 Å². The molecule has 98 valence electrons. The summed E-state index contributed by atoms with van der Waals surface area (Å²) in [6.07, 6.45) is 5.28. The van der Waals surface area contributed by atoms with Crippen LogP contribution in [-0.4, -0.2) is 37.0 Å². The summed E-state index contributed by atoms with van der Waals surface area (Å²) in [6.45, 7) is 1.95. The molecular formula is C14H20N2O2. The van der Waals surface area contributed by atoms with E-state index in [1.54, 1.807) is 0 Å². The maximum Gasteiger partial charge on any atom is 0.0966 e. The lowest BCUT2D eigenvalue weighted by Crippen LogP contribution is -2.48. The number of nitrogens with two attached hydrogens (primary N) is 1. The standard InChI is InChI=1S/C14H20N2O2/c15-13(12-9-17-7-8-18-12)11-5-1-3-10-4-2-6-16-14(10)11/h2,4,6,11-13H,1,3,5,7-9,15H2. The van der Waals surface area contributed by atoms with Crippen LogP contribution in [0.5, 0.6) is 0 Å². The van der Waals surface area contributed by atoms with Crippen LogP contribution in [0.15, 0.2) is 18.3 Å². The predicted molar refractivity (Wildman–Crippen MR) is 68.5 cm³/mol. The van der Waals surface area contributed by atoms with E-state index in [0.29, 0.717) is 25.7 Å². The second-order valence-electron chi connectivity index (χ2n) is 5.11. The number of nitrogens with zero attached hydrogens (tertiary/aromatic N) is 1. The molecule has 1 aromatic rings. The topological polar surface area (TPSA) is 57.4 Å². The van der Waals surface area contributed by atoms with Crippen molar-refractivity contribution >= 4 is 0 Å². The van der Waals surface area contributed by atoms with Crippen molar-refractivity contribution in [1.82, 2.24) is 4.98 Å². The fraction of sp³-hybridized carbons (Fsp3) is 0.643. The normalized spacial score (nSPS) is 29.6. The van der Waals surface area contributed by atoms with Crippen molar-refractivity contribution < 1.29 is 9.47 Å². The number of pyridine rings is 1. The Hall–Kier alpha value is -0.970. The minimum atomic E-state index is -0.0146. The molecule has 2 N–H and O–H groups in total. The van der Waals surface area contributed by atoms with E-state index in [-0.39, 0.29) is 12.1 Å². The Balaban J connectivity index is 1.80. The van der Waals surface area contributed by atoms with E-state index >= 15 is 0 Å². The lowest BCUT2D eigenvalue weighted by atomic mass is 9.80. The molecule has 1 fully saturated rings. The molecule has 2 aliphatic rings. The van der Waals surface area contributed by atoms with Gasteiger partial charge in [-0.15, -0.1) is 0 Å². The molecule has 0 amide bonds. The molecule has 1 aliphatic heterocycles. The summed E-state index contributed by atoms with van der Waals surface area (Å²) in [4.78, 5) is 4.54. The first-order valence-corrected chi connectivity index (χ1v) is 6.75. The summed E-state index contributed by atoms with van der Waals surface area (Å²) >= 11 is 0. The fourth-order valence-corrected chi connectivity index (χ4v) is 3.01. The van der Waals surface area contributed by atoms with E-state index in [1.807, 2.05) is 12.3 Å². The van der Waals surface area contributed by atoms with Gasteiger partial charge in [-0.2, -0.15) is 0 Å². The lowest BCUT2D eigenvalue weighted by molar-refractivity contribution is -0.100. The van der Waals surface area contributed by atoms with Crippen molar-refractivity contribution in [3.63, 3.8) is 0 Å². The Morgan fingerprint density at radius 3 is 3.17 bits per heavy atom. The molecule has 18 heavy (non-hydrogen) atoms. The molecule has 0 radical (unpaired) electrons. The van der Waals surface area contributed by atoms with Crippen molar-refractivity contribution in [3.8, 4) is 0 Å². The summed E-state index contributed by atoms with van der Waals surface area (Å²) in [6, 6.07) is 4.16. The van der Waals surface area contributed by atoms with Gasteiger partial charge in [-0.1, -0.05) is 6.07 Å². The molecule has 1 saturated heterocycles. The van der Waals surface area contributed by atoms with Gasteiger partial charge in [-0.3, -0.25) is 4.98 Å². The van der Waals surface area contributed by atoms with Gasteiger partial charge in [0.1, 0.15) is 0 Å². The molecular weight excluding hydrogens is 228 g/mol. The van der Waals surface area contributed by atoms with Crippen molar-refractivity contribution in [2.24, 2.45) is 5.73 Å². The quantitative estimate of drug-likeness (QED) is 0.855. The SMILES string of the molecule is NC(C1COCCO1)C1CCCc2cccnc21.